The van der Waals surface area contributed by atoms with Crippen molar-refractivity contribution in [2.24, 2.45) is 5.92 Å². The molecule has 1 heterocycles. The van der Waals surface area contributed by atoms with Gasteiger partial charge in [-0.25, -0.2) is 4.79 Å². The van der Waals surface area contributed by atoms with E-state index in [1.165, 1.54) is 23.6 Å². The van der Waals surface area contributed by atoms with E-state index in [9.17, 15) is 9.59 Å². The third-order valence-electron chi connectivity index (χ3n) is 5.86. The van der Waals surface area contributed by atoms with Gasteiger partial charge in [0.1, 0.15) is 23.0 Å². The number of likely N-dealkylation sites (N-methyl/N-ethyl adjacent to an activating group) is 1. The van der Waals surface area contributed by atoms with E-state index in [0.29, 0.717) is 39.4 Å². The first-order chi connectivity index (χ1) is 17.8. The maximum absolute atomic E-state index is 13.4. The standard InChI is InChI=1S/C26H29NO6S2.C2H6/c1-17-7-5-4-6-8-22(17)27(2)26(30)24(35-16-34)14-19-9-10-23(33-19)18-11-20(31-3)13-21(12-18)32-15-25(28)29;1-2/h4,6,9-14,16-17,22H,5,7-8,15H2,1-3H3,(H,28,29);1-2H3/b24-14-;. The lowest BCUT2D eigenvalue weighted by Gasteiger charge is -2.31. The van der Waals surface area contributed by atoms with Crippen molar-refractivity contribution in [3.05, 3.63) is 53.1 Å². The third kappa shape index (κ3) is 8.79. The molecule has 37 heavy (non-hydrogen) atoms. The molecule has 0 saturated heterocycles. The summed E-state index contributed by atoms with van der Waals surface area (Å²) in [5.41, 5.74) is 0.649. The topological polar surface area (TPSA) is 89.2 Å². The first-order valence-electron chi connectivity index (χ1n) is 12.2. The van der Waals surface area contributed by atoms with Crippen LogP contribution in [0.15, 0.2) is 51.8 Å². The molecule has 1 amide bonds. The molecule has 0 radical (unpaired) electrons. The van der Waals surface area contributed by atoms with Gasteiger partial charge in [-0.05, 0) is 49.4 Å². The van der Waals surface area contributed by atoms with Gasteiger partial charge in [0.05, 0.1) is 12.0 Å². The lowest BCUT2D eigenvalue weighted by atomic mass is 9.95. The number of nitrogens with zero attached hydrogens (tertiary/aromatic N) is 1. The molecule has 0 spiro atoms. The molecule has 3 rings (SSSR count). The molecule has 1 aromatic heterocycles. The number of hydrogen-bond donors (Lipinski definition) is 1. The molecule has 0 fully saturated rings. The van der Waals surface area contributed by atoms with Crippen LogP contribution in [0.4, 0.5) is 0 Å². The smallest absolute Gasteiger partial charge is 0.341 e. The lowest BCUT2D eigenvalue weighted by molar-refractivity contribution is -0.139. The number of benzene rings is 1. The molecule has 1 N–H and O–H groups in total. The second-order valence-corrected chi connectivity index (χ2v) is 9.69. The van der Waals surface area contributed by atoms with Crippen LogP contribution in [0.5, 0.6) is 11.5 Å². The molecule has 0 aliphatic heterocycles. The second-order valence-electron chi connectivity index (χ2n) is 8.25. The number of ether oxygens (including phenoxy) is 2. The minimum atomic E-state index is -1.08. The van der Waals surface area contributed by atoms with Crippen LogP contribution >= 0.6 is 24.0 Å². The van der Waals surface area contributed by atoms with Gasteiger partial charge in [0.25, 0.3) is 5.91 Å². The van der Waals surface area contributed by atoms with Gasteiger partial charge in [0.2, 0.25) is 0 Å². The van der Waals surface area contributed by atoms with Gasteiger partial charge < -0.3 is 23.9 Å². The highest BCUT2D eigenvalue weighted by Gasteiger charge is 2.27. The second kappa shape index (κ2) is 15.3. The van der Waals surface area contributed by atoms with E-state index < -0.39 is 12.6 Å². The molecule has 2 unspecified atom stereocenters. The monoisotopic (exact) mass is 545 g/mol. The zero-order valence-corrected chi connectivity index (χ0v) is 23.6. The number of amides is 1. The molecule has 9 heteroatoms. The molecule has 1 aromatic carbocycles. The number of thioether (sulfide) groups is 1. The number of carboxylic acids is 1. The summed E-state index contributed by atoms with van der Waals surface area (Å²) in [5.74, 6) is 1.06. The molecule has 0 bridgehead atoms. The van der Waals surface area contributed by atoms with E-state index in [2.05, 4.69) is 19.1 Å². The van der Waals surface area contributed by atoms with E-state index in [1.54, 1.807) is 41.3 Å². The highest BCUT2D eigenvalue weighted by Crippen LogP contribution is 2.33. The summed E-state index contributed by atoms with van der Waals surface area (Å²) in [5, 5.41) is 8.89. The fourth-order valence-electron chi connectivity index (χ4n) is 3.97. The molecular weight excluding hydrogens is 510 g/mol. The Kier molecular flexibility index (Phi) is 12.5. The van der Waals surface area contributed by atoms with Crippen molar-refractivity contribution in [3.63, 3.8) is 0 Å². The Labute approximate surface area is 228 Å². The first-order valence-corrected chi connectivity index (χ1v) is 13.6. The van der Waals surface area contributed by atoms with Crippen LogP contribution in [0.25, 0.3) is 17.4 Å². The number of thiocarbonyl (C=S) groups is 1. The minimum Gasteiger partial charge on any atom is -0.497 e. The van der Waals surface area contributed by atoms with Crippen molar-refractivity contribution in [1.82, 2.24) is 4.90 Å². The Morgan fingerprint density at radius 1 is 1.22 bits per heavy atom. The van der Waals surface area contributed by atoms with Crippen molar-refractivity contribution in [3.8, 4) is 22.8 Å². The maximum Gasteiger partial charge on any atom is 0.341 e. The van der Waals surface area contributed by atoms with Gasteiger partial charge in [0.15, 0.2) is 6.61 Å². The van der Waals surface area contributed by atoms with Gasteiger partial charge in [-0.15, -0.1) is 0 Å². The molecule has 1 aliphatic carbocycles. The average Bonchev–Trinajstić information content (AvgIpc) is 3.27. The molecule has 1 aliphatic rings. The van der Waals surface area contributed by atoms with Crippen LogP contribution < -0.4 is 9.47 Å². The summed E-state index contributed by atoms with van der Waals surface area (Å²) >= 11 is 6.22. The SMILES string of the molecule is CC.COc1cc(OCC(=O)O)cc(-c2ccc(/C=C(\SC=S)C(=O)N(C)C3CC=CCCC3C)o2)c1. The van der Waals surface area contributed by atoms with E-state index in [4.69, 9.17) is 31.2 Å². The van der Waals surface area contributed by atoms with Crippen molar-refractivity contribution >= 4 is 46.6 Å². The zero-order chi connectivity index (χ0) is 27.4. The first kappa shape index (κ1) is 30.2. The maximum atomic E-state index is 13.4. The Balaban J connectivity index is 0.00000235. The number of aliphatic carboxylic acids is 1. The van der Waals surface area contributed by atoms with E-state index in [0.717, 1.165) is 19.3 Å². The molecule has 7 nitrogen and oxygen atoms in total. The quantitative estimate of drug-likeness (QED) is 0.201. The van der Waals surface area contributed by atoms with Crippen LogP contribution in [-0.4, -0.2) is 53.4 Å². The number of carbonyl (C=O) groups is 2. The summed E-state index contributed by atoms with van der Waals surface area (Å²) in [6.07, 6.45) is 8.91. The summed E-state index contributed by atoms with van der Waals surface area (Å²) < 4.78 is 18.1. The van der Waals surface area contributed by atoms with Gasteiger partial charge in [0, 0.05) is 35.5 Å². The van der Waals surface area contributed by atoms with Crippen molar-refractivity contribution in [2.75, 3.05) is 20.8 Å². The highest BCUT2D eigenvalue weighted by atomic mass is 32.2. The van der Waals surface area contributed by atoms with E-state index in [1.807, 2.05) is 20.9 Å². The normalized spacial score (nSPS) is 17.2. The summed E-state index contributed by atoms with van der Waals surface area (Å²) in [7, 11) is 3.35. The van der Waals surface area contributed by atoms with E-state index in [-0.39, 0.29) is 11.9 Å². The Morgan fingerprint density at radius 3 is 2.62 bits per heavy atom. The van der Waals surface area contributed by atoms with Crippen LogP contribution in [0.1, 0.15) is 45.8 Å². The summed E-state index contributed by atoms with van der Waals surface area (Å²) in [6, 6.07) is 8.68. The predicted molar refractivity (Wildman–Crippen MR) is 153 cm³/mol. The van der Waals surface area contributed by atoms with Crippen LogP contribution in [0.3, 0.4) is 0 Å². The van der Waals surface area contributed by atoms with Gasteiger partial charge in [-0.3, -0.25) is 4.79 Å². The van der Waals surface area contributed by atoms with Crippen molar-refractivity contribution in [2.45, 2.75) is 46.1 Å². The van der Waals surface area contributed by atoms with Gasteiger partial charge in [-0.1, -0.05) is 56.9 Å². The summed E-state index contributed by atoms with van der Waals surface area (Å²) in [6.45, 7) is 5.71. The number of carboxylic acid groups (broad SMARTS) is 1. The Hall–Kier alpha value is -3.04. The van der Waals surface area contributed by atoms with Crippen molar-refractivity contribution in [1.29, 1.82) is 0 Å². The molecule has 0 saturated carbocycles. The zero-order valence-electron chi connectivity index (χ0n) is 21.9. The Bertz CT molecular complexity index is 1120. The fourth-order valence-corrected chi connectivity index (χ4v) is 4.82. The third-order valence-corrected chi connectivity index (χ3v) is 6.79. The molecule has 200 valence electrons. The number of allylic oxidation sites excluding steroid dienone is 1. The van der Waals surface area contributed by atoms with E-state index >= 15 is 0 Å². The van der Waals surface area contributed by atoms with Crippen LogP contribution in [-0.2, 0) is 9.59 Å². The number of furan rings is 1. The minimum absolute atomic E-state index is 0.105. The molecule has 2 atom stereocenters. The molecule has 2 aromatic rings. The van der Waals surface area contributed by atoms with Gasteiger partial charge in [-0.2, -0.15) is 0 Å². The van der Waals surface area contributed by atoms with Crippen molar-refractivity contribution < 1.29 is 28.6 Å². The highest BCUT2D eigenvalue weighted by molar-refractivity contribution is 8.24. The van der Waals surface area contributed by atoms with Crippen LogP contribution in [0, 0.1) is 5.92 Å². The largest absolute Gasteiger partial charge is 0.497 e. The number of methoxy groups -OCH3 is 1. The Morgan fingerprint density at radius 2 is 1.95 bits per heavy atom. The lowest BCUT2D eigenvalue weighted by Crippen LogP contribution is -2.41. The van der Waals surface area contributed by atoms with Gasteiger partial charge >= 0.3 is 5.97 Å². The number of carbonyl (C=O) groups excluding carboxylic acids is 1. The number of hydrogen-bond acceptors (Lipinski definition) is 7. The average molecular weight is 546 g/mol. The van der Waals surface area contributed by atoms with Crippen LogP contribution in [0.2, 0.25) is 0 Å². The molecular formula is C28H35NO6S2. The fraction of sp³-hybridized carbons (Fsp3) is 0.393. The number of rotatable bonds is 10. The predicted octanol–water partition coefficient (Wildman–Crippen LogP) is 6.68. The summed E-state index contributed by atoms with van der Waals surface area (Å²) in [4.78, 5) is 26.5.